The summed E-state index contributed by atoms with van der Waals surface area (Å²) in [4.78, 5) is 14.6. The number of hydrogen-bond donors (Lipinski definition) is 0. The molecule has 0 atom stereocenters. The third-order valence-corrected chi connectivity index (χ3v) is 6.98. The van der Waals surface area contributed by atoms with Crippen LogP contribution >= 0.6 is 23.6 Å². The Bertz CT molecular complexity index is 1520. The Balaban J connectivity index is 1.92. The van der Waals surface area contributed by atoms with Crippen LogP contribution in [0.4, 0.5) is 0 Å². The van der Waals surface area contributed by atoms with Crippen LogP contribution in [-0.4, -0.2) is 8.97 Å². The van der Waals surface area contributed by atoms with Crippen LogP contribution in [0.5, 0.6) is 0 Å². The number of aryl methyl sites for hydroxylation is 2. The Labute approximate surface area is 183 Å². The minimum Gasteiger partial charge on any atom is -0.288 e. The quantitative estimate of drug-likeness (QED) is 0.312. The van der Waals surface area contributed by atoms with Crippen LogP contribution in [0, 0.1) is 17.8 Å². The smallest absolute Gasteiger partial charge is 0.261 e. The zero-order chi connectivity index (χ0) is 20.8. The van der Waals surface area contributed by atoms with E-state index in [1.165, 1.54) is 11.1 Å². The predicted molar refractivity (Wildman–Crippen MR) is 128 cm³/mol. The molecule has 148 valence electrons. The van der Waals surface area contributed by atoms with Crippen molar-refractivity contribution in [3.8, 4) is 10.4 Å². The molecule has 0 saturated carbocycles. The molecular weight excluding hydrogens is 408 g/mol. The van der Waals surface area contributed by atoms with Crippen LogP contribution in [-0.2, 0) is 6.54 Å². The number of para-hydroxylation sites is 1. The second kappa shape index (κ2) is 7.35. The molecule has 2 aromatic heterocycles. The SMILES string of the molecule is Cc1ccc(-c2sc(=S)n3c4ccccc4c(=O)n(Cc4ccccc4C)c23)cc1. The van der Waals surface area contributed by atoms with E-state index in [0.29, 0.717) is 11.9 Å². The lowest BCUT2D eigenvalue weighted by atomic mass is 10.1. The average Bonchev–Trinajstić information content (AvgIpc) is 3.10. The highest BCUT2D eigenvalue weighted by molar-refractivity contribution is 7.73. The second-order valence-electron chi connectivity index (χ2n) is 7.56. The number of fused-ring (bicyclic) bond motifs is 3. The number of hydrogen-bond acceptors (Lipinski definition) is 3. The summed E-state index contributed by atoms with van der Waals surface area (Å²) in [5.74, 6) is 0. The summed E-state index contributed by atoms with van der Waals surface area (Å²) < 4.78 is 4.69. The zero-order valence-corrected chi connectivity index (χ0v) is 18.4. The maximum Gasteiger partial charge on any atom is 0.261 e. The van der Waals surface area contributed by atoms with E-state index in [9.17, 15) is 4.79 Å². The van der Waals surface area contributed by atoms with Crippen molar-refractivity contribution in [3.63, 3.8) is 0 Å². The maximum absolute atomic E-state index is 13.6. The van der Waals surface area contributed by atoms with Crippen LogP contribution in [0.1, 0.15) is 16.7 Å². The highest BCUT2D eigenvalue weighted by Crippen LogP contribution is 2.33. The molecule has 0 aliphatic heterocycles. The molecule has 30 heavy (non-hydrogen) atoms. The number of aromatic nitrogens is 2. The second-order valence-corrected chi connectivity index (χ2v) is 9.20. The largest absolute Gasteiger partial charge is 0.288 e. The highest BCUT2D eigenvalue weighted by Gasteiger charge is 2.18. The van der Waals surface area contributed by atoms with E-state index >= 15 is 0 Å². The lowest BCUT2D eigenvalue weighted by Crippen LogP contribution is -2.24. The molecule has 0 spiro atoms. The fourth-order valence-corrected chi connectivity index (χ4v) is 5.34. The minimum atomic E-state index is 0.00927. The Kier molecular flexibility index (Phi) is 4.65. The number of thiazole rings is 1. The molecular formula is C25H20N2OS2. The molecule has 0 fully saturated rings. The highest BCUT2D eigenvalue weighted by atomic mass is 32.1. The first-order valence-electron chi connectivity index (χ1n) is 9.83. The van der Waals surface area contributed by atoms with Gasteiger partial charge in [-0.3, -0.25) is 13.8 Å². The molecule has 3 nitrogen and oxygen atoms in total. The summed E-state index contributed by atoms with van der Waals surface area (Å²) in [6.07, 6.45) is 0. The number of nitrogens with zero attached hydrogens (tertiary/aromatic N) is 2. The van der Waals surface area contributed by atoms with Gasteiger partial charge in [0.2, 0.25) is 0 Å². The van der Waals surface area contributed by atoms with Crippen molar-refractivity contribution in [2.75, 3.05) is 0 Å². The predicted octanol–water partition coefficient (Wildman–Crippen LogP) is 6.38. The minimum absolute atomic E-state index is 0.00927. The summed E-state index contributed by atoms with van der Waals surface area (Å²) >= 11 is 7.34. The summed E-state index contributed by atoms with van der Waals surface area (Å²) in [5.41, 5.74) is 6.31. The molecule has 0 unspecified atom stereocenters. The van der Waals surface area contributed by atoms with Crippen LogP contribution in [0.3, 0.4) is 0 Å². The van der Waals surface area contributed by atoms with E-state index in [-0.39, 0.29) is 5.56 Å². The van der Waals surface area contributed by atoms with Crippen molar-refractivity contribution < 1.29 is 0 Å². The molecule has 5 heteroatoms. The van der Waals surface area contributed by atoms with E-state index in [1.807, 2.05) is 41.0 Å². The topological polar surface area (TPSA) is 26.4 Å². The van der Waals surface area contributed by atoms with Crippen molar-refractivity contribution in [1.29, 1.82) is 0 Å². The lowest BCUT2D eigenvalue weighted by molar-refractivity contribution is 0.776. The molecule has 2 heterocycles. The van der Waals surface area contributed by atoms with Crippen LogP contribution in [0.25, 0.3) is 27.0 Å². The molecule has 0 N–H and O–H groups in total. The third-order valence-electron chi connectivity index (χ3n) is 5.57. The molecule has 5 rings (SSSR count). The van der Waals surface area contributed by atoms with Crippen LogP contribution in [0.2, 0.25) is 0 Å². The van der Waals surface area contributed by atoms with Gasteiger partial charge in [-0.25, -0.2) is 0 Å². The summed E-state index contributed by atoms with van der Waals surface area (Å²) in [6.45, 7) is 4.66. The molecule has 3 aromatic carbocycles. The van der Waals surface area contributed by atoms with Gasteiger partial charge in [0.05, 0.1) is 22.3 Å². The molecule has 0 bridgehead atoms. The first-order chi connectivity index (χ1) is 14.5. The van der Waals surface area contributed by atoms with Gasteiger partial charge in [-0.2, -0.15) is 0 Å². The van der Waals surface area contributed by atoms with E-state index in [4.69, 9.17) is 12.2 Å². The molecule has 0 aliphatic rings. The van der Waals surface area contributed by atoms with Crippen molar-refractivity contribution in [1.82, 2.24) is 8.97 Å². The van der Waals surface area contributed by atoms with Gasteiger partial charge in [-0.05, 0) is 54.9 Å². The fraction of sp³-hybridized carbons (Fsp3) is 0.120. The van der Waals surface area contributed by atoms with Crippen molar-refractivity contribution >= 4 is 40.1 Å². The first kappa shape index (κ1) is 19.0. The fourth-order valence-electron chi connectivity index (χ4n) is 3.91. The number of benzene rings is 3. The van der Waals surface area contributed by atoms with E-state index in [2.05, 4.69) is 54.6 Å². The molecule has 0 amide bonds. The summed E-state index contributed by atoms with van der Waals surface area (Å²) in [7, 11) is 0. The van der Waals surface area contributed by atoms with E-state index in [1.54, 1.807) is 11.3 Å². The van der Waals surface area contributed by atoms with Crippen molar-refractivity contribution in [2.45, 2.75) is 20.4 Å². The Morgan fingerprint density at radius 3 is 2.37 bits per heavy atom. The molecule has 0 saturated heterocycles. The summed E-state index contributed by atoms with van der Waals surface area (Å²) in [6, 6.07) is 24.3. The summed E-state index contributed by atoms with van der Waals surface area (Å²) in [5, 5.41) is 0.683. The van der Waals surface area contributed by atoms with Crippen LogP contribution < -0.4 is 5.56 Å². The average molecular weight is 429 g/mol. The van der Waals surface area contributed by atoms with Crippen molar-refractivity contribution in [3.05, 3.63) is 104 Å². The van der Waals surface area contributed by atoms with Gasteiger partial charge in [0, 0.05) is 0 Å². The zero-order valence-electron chi connectivity index (χ0n) is 16.8. The van der Waals surface area contributed by atoms with Gasteiger partial charge >= 0.3 is 0 Å². The Morgan fingerprint density at radius 2 is 1.60 bits per heavy atom. The Hall–Kier alpha value is -3.02. The van der Waals surface area contributed by atoms with Gasteiger partial charge in [0.25, 0.3) is 5.56 Å². The Morgan fingerprint density at radius 1 is 0.900 bits per heavy atom. The number of rotatable bonds is 3. The van der Waals surface area contributed by atoms with E-state index in [0.717, 1.165) is 31.1 Å². The van der Waals surface area contributed by atoms with Gasteiger partial charge in [-0.1, -0.05) is 66.2 Å². The van der Waals surface area contributed by atoms with Gasteiger partial charge in [-0.15, -0.1) is 11.3 Å². The monoisotopic (exact) mass is 428 g/mol. The standard InChI is InChI=1S/C25H20N2OS2/c1-16-11-13-18(14-12-16)22-23-26(15-19-8-4-3-7-17(19)2)24(28)20-9-5-6-10-21(20)27(23)25(29)30-22/h3-14H,15H2,1-2H3. The normalized spacial score (nSPS) is 11.4. The van der Waals surface area contributed by atoms with Gasteiger partial charge in [0.15, 0.2) is 3.95 Å². The molecule has 0 aliphatic carbocycles. The molecule has 0 radical (unpaired) electrons. The lowest BCUT2D eigenvalue weighted by Gasteiger charge is -2.14. The van der Waals surface area contributed by atoms with Crippen LogP contribution in [0.15, 0.2) is 77.6 Å². The van der Waals surface area contributed by atoms with E-state index < -0.39 is 0 Å². The maximum atomic E-state index is 13.6. The van der Waals surface area contributed by atoms with Gasteiger partial charge < -0.3 is 0 Å². The third kappa shape index (κ3) is 3.02. The van der Waals surface area contributed by atoms with Crippen molar-refractivity contribution in [2.24, 2.45) is 0 Å². The molecule has 5 aromatic rings. The van der Waals surface area contributed by atoms with Gasteiger partial charge in [0.1, 0.15) is 5.65 Å². The first-order valence-corrected chi connectivity index (χ1v) is 11.1.